The van der Waals surface area contributed by atoms with Gasteiger partial charge in [0.15, 0.2) is 0 Å². The fraction of sp³-hybridized carbons (Fsp3) is 0.235. The van der Waals surface area contributed by atoms with E-state index in [1.165, 1.54) is 10.9 Å². The number of nitrogens with one attached hydrogen (secondary N) is 1. The molecule has 9 nitrogen and oxygen atoms in total. The second kappa shape index (κ2) is 8.12. The van der Waals surface area contributed by atoms with Gasteiger partial charge >= 0.3 is 5.69 Å². The molecule has 0 atom stereocenters. The van der Waals surface area contributed by atoms with Crippen LogP contribution in [0.25, 0.3) is 0 Å². The standard InChI is InChI=1S/C17H17BrN6O3/c1-12-16(24(26)27)9-20-23(12)7-6-17(25)21-15-8-19-22(11-15)10-13-2-4-14(18)5-3-13/h2-5,8-9,11H,6-7,10H2,1H3,(H,21,25). The van der Waals surface area contributed by atoms with E-state index < -0.39 is 4.92 Å². The first kappa shape index (κ1) is 18.8. The zero-order valence-electron chi connectivity index (χ0n) is 14.5. The van der Waals surface area contributed by atoms with Gasteiger partial charge in [-0.3, -0.25) is 24.3 Å². The summed E-state index contributed by atoms with van der Waals surface area (Å²) >= 11 is 3.40. The van der Waals surface area contributed by atoms with Gasteiger partial charge in [-0.25, -0.2) is 0 Å². The predicted octanol–water partition coefficient (Wildman–Crippen LogP) is 3.14. The second-order valence-electron chi connectivity index (χ2n) is 5.95. The van der Waals surface area contributed by atoms with Crippen LogP contribution >= 0.6 is 15.9 Å². The number of carbonyl (C=O) groups excluding carboxylic acids is 1. The van der Waals surface area contributed by atoms with E-state index >= 15 is 0 Å². The molecule has 1 aromatic carbocycles. The molecule has 0 spiro atoms. The lowest BCUT2D eigenvalue weighted by Gasteiger charge is -2.04. The molecule has 1 amide bonds. The third kappa shape index (κ3) is 4.79. The molecule has 2 aromatic heterocycles. The van der Waals surface area contributed by atoms with Crippen molar-refractivity contribution in [2.24, 2.45) is 0 Å². The summed E-state index contributed by atoms with van der Waals surface area (Å²) in [6, 6.07) is 7.91. The van der Waals surface area contributed by atoms with Gasteiger partial charge in [0, 0.05) is 17.1 Å². The Balaban J connectivity index is 1.53. The summed E-state index contributed by atoms with van der Waals surface area (Å²) in [4.78, 5) is 22.5. The molecule has 0 bridgehead atoms. The fourth-order valence-electron chi connectivity index (χ4n) is 2.56. The first-order valence-electron chi connectivity index (χ1n) is 8.16. The van der Waals surface area contributed by atoms with Gasteiger partial charge in [-0.15, -0.1) is 0 Å². The molecule has 0 fully saturated rings. The molecule has 3 rings (SSSR count). The Kier molecular flexibility index (Phi) is 5.65. The van der Waals surface area contributed by atoms with E-state index in [0.29, 0.717) is 17.9 Å². The molecule has 0 aliphatic heterocycles. The Bertz CT molecular complexity index is 963. The van der Waals surface area contributed by atoms with Crippen molar-refractivity contribution in [3.63, 3.8) is 0 Å². The zero-order chi connectivity index (χ0) is 19.4. The van der Waals surface area contributed by atoms with Crippen LogP contribution in [0.3, 0.4) is 0 Å². The van der Waals surface area contributed by atoms with Crippen LogP contribution < -0.4 is 5.32 Å². The minimum Gasteiger partial charge on any atom is -0.323 e. The first-order chi connectivity index (χ1) is 12.9. The topological polar surface area (TPSA) is 108 Å². The summed E-state index contributed by atoms with van der Waals surface area (Å²) in [6.45, 7) is 2.47. The highest BCUT2D eigenvalue weighted by atomic mass is 79.9. The number of nitro groups is 1. The average molecular weight is 433 g/mol. The Morgan fingerprint density at radius 3 is 2.67 bits per heavy atom. The quantitative estimate of drug-likeness (QED) is 0.455. The molecule has 2 heterocycles. The van der Waals surface area contributed by atoms with Crippen molar-refractivity contribution in [1.82, 2.24) is 19.6 Å². The lowest BCUT2D eigenvalue weighted by atomic mass is 10.2. The van der Waals surface area contributed by atoms with Gasteiger partial charge in [-0.05, 0) is 24.6 Å². The van der Waals surface area contributed by atoms with E-state index in [2.05, 4.69) is 31.4 Å². The van der Waals surface area contributed by atoms with Crippen molar-refractivity contribution in [2.45, 2.75) is 26.4 Å². The van der Waals surface area contributed by atoms with Gasteiger partial charge in [0.05, 0.1) is 29.9 Å². The third-order valence-corrected chi connectivity index (χ3v) is 4.53. The van der Waals surface area contributed by atoms with Crippen molar-refractivity contribution < 1.29 is 9.72 Å². The maximum absolute atomic E-state index is 12.1. The summed E-state index contributed by atoms with van der Waals surface area (Å²) in [5.41, 5.74) is 2.06. The number of carbonyl (C=O) groups is 1. The molecule has 0 aliphatic rings. The van der Waals surface area contributed by atoms with Crippen LogP contribution in [0.15, 0.2) is 47.3 Å². The van der Waals surface area contributed by atoms with Crippen LogP contribution in [-0.2, 0) is 17.9 Å². The maximum atomic E-state index is 12.1. The van der Waals surface area contributed by atoms with Crippen LogP contribution in [-0.4, -0.2) is 30.4 Å². The molecule has 0 unspecified atom stereocenters. The fourth-order valence-corrected chi connectivity index (χ4v) is 2.83. The largest absolute Gasteiger partial charge is 0.323 e. The molecular weight excluding hydrogens is 416 g/mol. The number of halogens is 1. The van der Waals surface area contributed by atoms with Gasteiger partial charge in [-0.1, -0.05) is 28.1 Å². The van der Waals surface area contributed by atoms with Crippen LogP contribution in [0.1, 0.15) is 17.7 Å². The zero-order valence-corrected chi connectivity index (χ0v) is 16.1. The number of nitrogens with zero attached hydrogens (tertiary/aromatic N) is 5. The van der Waals surface area contributed by atoms with Gasteiger partial charge in [0.25, 0.3) is 0 Å². The highest BCUT2D eigenvalue weighted by molar-refractivity contribution is 9.10. The van der Waals surface area contributed by atoms with E-state index in [9.17, 15) is 14.9 Å². The minimum absolute atomic E-state index is 0.0513. The van der Waals surface area contributed by atoms with Gasteiger partial charge in [0.2, 0.25) is 5.91 Å². The molecule has 0 radical (unpaired) electrons. The molecular formula is C17H17BrN6O3. The summed E-state index contributed by atoms with van der Waals surface area (Å²) < 4.78 is 4.20. The lowest BCUT2D eigenvalue weighted by Crippen LogP contribution is -2.15. The van der Waals surface area contributed by atoms with Crippen LogP contribution in [0.2, 0.25) is 0 Å². The van der Waals surface area contributed by atoms with Gasteiger partial charge in [-0.2, -0.15) is 10.2 Å². The summed E-state index contributed by atoms with van der Waals surface area (Å²) in [7, 11) is 0. The van der Waals surface area contributed by atoms with E-state index in [1.807, 2.05) is 24.3 Å². The maximum Gasteiger partial charge on any atom is 0.309 e. The average Bonchev–Trinajstić information content (AvgIpc) is 3.21. The molecule has 0 saturated heterocycles. The van der Waals surface area contributed by atoms with Gasteiger partial charge in [0.1, 0.15) is 11.9 Å². The molecule has 27 heavy (non-hydrogen) atoms. The molecule has 10 heteroatoms. The molecule has 0 aliphatic carbocycles. The predicted molar refractivity (Wildman–Crippen MR) is 102 cm³/mol. The Morgan fingerprint density at radius 2 is 2.00 bits per heavy atom. The highest BCUT2D eigenvalue weighted by Gasteiger charge is 2.16. The monoisotopic (exact) mass is 432 g/mol. The van der Waals surface area contributed by atoms with Crippen molar-refractivity contribution in [1.29, 1.82) is 0 Å². The van der Waals surface area contributed by atoms with E-state index in [0.717, 1.165) is 10.0 Å². The third-order valence-electron chi connectivity index (χ3n) is 4.00. The van der Waals surface area contributed by atoms with Crippen molar-refractivity contribution in [3.05, 3.63) is 68.7 Å². The van der Waals surface area contributed by atoms with Crippen LogP contribution in [0.4, 0.5) is 11.4 Å². The molecule has 0 saturated carbocycles. The number of amides is 1. The van der Waals surface area contributed by atoms with Gasteiger partial charge < -0.3 is 5.32 Å². The Labute approximate surface area is 163 Å². The minimum atomic E-state index is -0.487. The number of hydrogen-bond acceptors (Lipinski definition) is 5. The smallest absolute Gasteiger partial charge is 0.309 e. The van der Waals surface area contributed by atoms with E-state index in [4.69, 9.17) is 0 Å². The van der Waals surface area contributed by atoms with Crippen molar-refractivity contribution in [3.8, 4) is 0 Å². The molecule has 3 aromatic rings. The Morgan fingerprint density at radius 1 is 1.26 bits per heavy atom. The van der Waals surface area contributed by atoms with Crippen LogP contribution in [0.5, 0.6) is 0 Å². The number of rotatable bonds is 7. The first-order valence-corrected chi connectivity index (χ1v) is 8.95. The number of aryl methyl sites for hydroxylation is 1. The highest BCUT2D eigenvalue weighted by Crippen LogP contribution is 2.16. The molecule has 140 valence electrons. The van der Waals surface area contributed by atoms with Crippen LogP contribution in [0, 0.1) is 17.0 Å². The second-order valence-corrected chi connectivity index (χ2v) is 6.86. The van der Waals surface area contributed by atoms with E-state index in [1.54, 1.807) is 24.0 Å². The SMILES string of the molecule is Cc1c([N+](=O)[O-])cnn1CCC(=O)Nc1cnn(Cc2ccc(Br)cc2)c1. The summed E-state index contributed by atoms with van der Waals surface area (Å²) in [6.07, 6.45) is 4.68. The number of aromatic nitrogens is 4. The number of benzene rings is 1. The van der Waals surface area contributed by atoms with Crippen molar-refractivity contribution in [2.75, 3.05) is 5.32 Å². The lowest BCUT2D eigenvalue weighted by molar-refractivity contribution is -0.385. The molecule has 1 N–H and O–H groups in total. The Hall–Kier alpha value is -3.01. The van der Waals surface area contributed by atoms with Crippen molar-refractivity contribution >= 4 is 33.2 Å². The summed E-state index contributed by atoms with van der Waals surface area (Å²) in [5, 5.41) is 21.8. The normalized spacial score (nSPS) is 10.7. The van der Waals surface area contributed by atoms with E-state index in [-0.39, 0.29) is 24.6 Å². The number of anilines is 1. The summed E-state index contributed by atoms with van der Waals surface area (Å²) in [5.74, 6) is -0.212. The number of hydrogen-bond donors (Lipinski definition) is 1.